The molecule has 5 heteroatoms. The third-order valence-corrected chi connectivity index (χ3v) is 2.90. The highest BCUT2D eigenvalue weighted by Crippen LogP contribution is 2.32. The Bertz CT molecular complexity index is 304. The molecule has 0 fully saturated rings. The number of hydrogen-bond donors (Lipinski definition) is 0. The maximum Gasteiger partial charge on any atom is 0.389 e. The molecule has 0 saturated heterocycles. The fraction of sp³-hybridized carbons (Fsp3) is 0.400. The van der Waals surface area contributed by atoms with Crippen molar-refractivity contribution in [3.8, 4) is 0 Å². The van der Waals surface area contributed by atoms with Gasteiger partial charge in [-0.1, -0.05) is 28.1 Å². The summed E-state index contributed by atoms with van der Waals surface area (Å²) >= 11 is 3.14. The van der Waals surface area contributed by atoms with Gasteiger partial charge in [0.05, 0.1) is 0 Å². The summed E-state index contributed by atoms with van der Waals surface area (Å²) in [4.78, 5) is -0.389. The van der Waals surface area contributed by atoms with Gasteiger partial charge in [0.2, 0.25) is 0 Å². The van der Waals surface area contributed by atoms with Crippen molar-refractivity contribution in [2.45, 2.75) is 23.8 Å². The van der Waals surface area contributed by atoms with E-state index in [9.17, 15) is 17.6 Å². The van der Waals surface area contributed by atoms with Crippen molar-refractivity contribution < 1.29 is 17.6 Å². The van der Waals surface area contributed by atoms with Crippen LogP contribution in [0, 0.1) is 5.82 Å². The van der Waals surface area contributed by atoms with Crippen LogP contribution in [0.5, 0.6) is 0 Å². The minimum Gasteiger partial charge on any atom is -0.207 e. The van der Waals surface area contributed by atoms with Gasteiger partial charge in [-0.3, -0.25) is 0 Å². The Kier molecular flexibility index (Phi) is 4.13. The van der Waals surface area contributed by atoms with E-state index in [0.29, 0.717) is 5.56 Å². The van der Waals surface area contributed by atoms with E-state index < -0.39 is 18.4 Å². The number of rotatable bonds is 3. The average molecular weight is 285 g/mol. The molecule has 0 N–H and O–H groups in total. The summed E-state index contributed by atoms with van der Waals surface area (Å²) in [5.74, 6) is -0.394. The third-order valence-electron chi connectivity index (χ3n) is 1.91. The average Bonchev–Trinajstić information content (AvgIpc) is 2.14. The Balaban J connectivity index is 2.54. The summed E-state index contributed by atoms with van der Waals surface area (Å²) in [6.07, 6.45) is -5.04. The predicted octanol–water partition coefficient (Wildman–Crippen LogP) is 4.60. The van der Waals surface area contributed by atoms with Crippen molar-refractivity contribution in [3.05, 3.63) is 35.6 Å². The van der Waals surface area contributed by atoms with Crippen molar-refractivity contribution in [2.24, 2.45) is 0 Å². The zero-order valence-electron chi connectivity index (χ0n) is 7.69. The normalized spacial score (nSPS) is 13.9. The number of alkyl halides is 4. The molecule has 1 rings (SSSR count). The van der Waals surface area contributed by atoms with Gasteiger partial charge in [0, 0.05) is 11.2 Å². The predicted molar refractivity (Wildman–Crippen MR) is 53.4 cm³/mol. The van der Waals surface area contributed by atoms with Gasteiger partial charge >= 0.3 is 6.18 Å². The molecule has 0 bridgehead atoms. The first-order chi connectivity index (χ1) is 6.88. The Labute approximate surface area is 93.4 Å². The second-order valence-electron chi connectivity index (χ2n) is 3.17. The van der Waals surface area contributed by atoms with Crippen molar-refractivity contribution in [1.82, 2.24) is 0 Å². The quantitative estimate of drug-likeness (QED) is 0.562. The van der Waals surface area contributed by atoms with Crippen LogP contribution in [0.4, 0.5) is 17.6 Å². The first kappa shape index (κ1) is 12.5. The molecule has 84 valence electrons. The van der Waals surface area contributed by atoms with E-state index in [-0.39, 0.29) is 11.2 Å². The highest BCUT2D eigenvalue weighted by atomic mass is 79.9. The van der Waals surface area contributed by atoms with E-state index in [1.807, 2.05) is 0 Å². The summed E-state index contributed by atoms with van der Waals surface area (Å²) in [7, 11) is 0. The van der Waals surface area contributed by atoms with Gasteiger partial charge in [-0.25, -0.2) is 4.39 Å². The lowest BCUT2D eigenvalue weighted by atomic mass is 10.1. The summed E-state index contributed by atoms with van der Waals surface area (Å²) in [5, 5.41) is 0. The number of halogens is 5. The molecular weight excluding hydrogens is 276 g/mol. The molecule has 0 aliphatic rings. The van der Waals surface area contributed by atoms with E-state index >= 15 is 0 Å². The molecule has 0 saturated carbocycles. The van der Waals surface area contributed by atoms with Crippen LogP contribution in [0.1, 0.15) is 23.2 Å². The van der Waals surface area contributed by atoms with E-state index in [0.717, 1.165) is 0 Å². The molecule has 1 aromatic rings. The van der Waals surface area contributed by atoms with Gasteiger partial charge in [0.25, 0.3) is 0 Å². The second-order valence-corrected chi connectivity index (χ2v) is 4.28. The fourth-order valence-corrected chi connectivity index (χ4v) is 1.66. The molecule has 1 unspecified atom stereocenters. The van der Waals surface area contributed by atoms with Crippen LogP contribution in [-0.2, 0) is 0 Å². The van der Waals surface area contributed by atoms with Gasteiger partial charge in [-0.15, -0.1) is 0 Å². The van der Waals surface area contributed by atoms with Gasteiger partial charge in [0.1, 0.15) is 5.82 Å². The lowest BCUT2D eigenvalue weighted by molar-refractivity contribution is -0.135. The van der Waals surface area contributed by atoms with Crippen molar-refractivity contribution in [1.29, 1.82) is 0 Å². The molecular formula is C10H9BrF4. The minimum atomic E-state index is -4.15. The smallest absolute Gasteiger partial charge is 0.207 e. The summed E-state index contributed by atoms with van der Waals surface area (Å²) in [6.45, 7) is 0. The number of benzene rings is 1. The highest BCUT2D eigenvalue weighted by molar-refractivity contribution is 9.09. The van der Waals surface area contributed by atoms with Crippen LogP contribution in [0.15, 0.2) is 24.3 Å². The van der Waals surface area contributed by atoms with Crippen LogP contribution < -0.4 is 0 Å². The maximum atomic E-state index is 12.5. The van der Waals surface area contributed by atoms with Gasteiger partial charge in [0.15, 0.2) is 0 Å². The Hall–Kier alpha value is -0.580. The summed E-state index contributed by atoms with van der Waals surface area (Å²) < 4.78 is 48.3. The van der Waals surface area contributed by atoms with Crippen LogP contribution in [0.25, 0.3) is 0 Å². The molecule has 0 heterocycles. The van der Waals surface area contributed by atoms with Crippen LogP contribution >= 0.6 is 15.9 Å². The van der Waals surface area contributed by atoms with Gasteiger partial charge < -0.3 is 0 Å². The lowest BCUT2D eigenvalue weighted by Gasteiger charge is -2.11. The molecule has 0 radical (unpaired) electrons. The number of hydrogen-bond acceptors (Lipinski definition) is 0. The molecule has 1 atom stereocenters. The molecule has 1 aromatic carbocycles. The zero-order chi connectivity index (χ0) is 11.5. The zero-order valence-corrected chi connectivity index (χ0v) is 9.28. The van der Waals surface area contributed by atoms with Crippen molar-refractivity contribution in [3.63, 3.8) is 0 Å². The highest BCUT2D eigenvalue weighted by Gasteiger charge is 2.27. The molecule has 0 spiro atoms. The first-order valence-corrected chi connectivity index (χ1v) is 5.26. The minimum absolute atomic E-state index is 0.0465. The molecule has 15 heavy (non-hydrogen) atoms. The molecule has 0 nitrogen and oxygen atoms in total. The Morgan fingerprint density at radius 3 is 2.13 bits per heavy atom. The third kappa shape index (κ3) is 4.64. The SMILES string of the molecule is Fc1ccc(C(Br)CCC(F)(F)F)cc1. The summed E-state index contributed by atoms with van der Waals surface area (Å²) in [6, 6.07) is 5.42. The Morgan fingerprint density at radius 1 is 1.13 bits per heavy atom. The molecule has 0 aliphatic carbocycles. The summed E-state index contributed by atoms with van der Waals surface area (Å²) in [5.41, 5.74) is 0.653. The molecule has 0 aromatic heterocycles. The first-order valence-electron chi connectivity index (χ1n) is 4.35. The maximum absolute atomic E-state index is 12.5. The van der Waals surface area contributed by atoms with Crippen LogP contribution in [0.3, 0.4) is 0 Å². The standard InChI is InChI=1S/C10H9BrF4/c11-9(5-6-10(13,14)15)7-1-3-8(12)4-2-7/h1-4,9H,5-6H2. The van der Waals surface area contributed by atoms with E-state index in [1.54, 1.807) is 0 Å². The van der Waals surface area contributed by atoms with E-state index in [1.165, 1.54) is 24.3 Å². The van der Waals surface area contributed by atoms with E-state index in [4.69, 9.17) is 0 Å². The van der Waals surface area contributed by atoms with Crippen molar-refractivity contribution in [2.75, 3.05) is 0 Å². The fourth-order valence-electron chi connectivity index (χ4n) is 1.13. The topological polar surface area (TPSA) is 0 Å². The monoisotopic (exact) mass is 284 g/mol. The van der Waals surface area contributed by atoms with Crippen LogP contribution in [-0.4, -0.2) is 6.18 Å². The largest absolute Gasteiger partial charge is 0.389 e. The second kappa shape index (κ2) is 4.96. The van der Waals surface area contributed by atoms with E-state index in [2.05, 4.69) is 15.9 Å². The van der Waals surface area contributed by atoms with Crippen molar-refractivity contribution >= 4 is 15.9 Å². The Morgan fingerprint density at radius 2 is 1.67 bits per heavy atom. The van der Waals surface area contributed by atoms with Gasteiger partial charge in [-0.2, -0.15) is 13.2 Å². The van der Waals surface area contributed by atoms with Crippen LogP contribution in [0.2, 0.25) is 0 Å². The lowest BCUT2D eigenvalue weighted by Crippen LogP contribution is -2.08. The molecule has 0 aliphatic heterocycles. The van der Waals surface area contributed by atoms with Gasteiger partial charge in [-0.05, 0) is 24.1 Å². The molecule has 0 amide bonds.